The van der Waals surface area contributed by atoms with Gasteiger partial charge in [0.05, 0.1) is 26.7 Å². The van der Waals surface area contributed by atoms with Crippen LogP contribution in [0, 0.1) is 0 Å². The Hall–Kier alpha value is -2.34. The molecule has 128 valence electrons. The molecule has 0 fully saturated rings. The highest BCUT2D eigenvalue weighted by molar-refractivity contribution is 7.98. The summed E-state index contributed by atoms with van der Waals surface area (Å²) in [6.45, 7) is 0.623. The first-order chi connectivity index (χ1) is 11.7. The lowest BCUT2D eigenvalue weighted by Gasteiger charge is -2.07. The average Bonchev–Trinajstić information content (AvgIpc) is 3.12. The van der Waals surface area contributed by atoms with Gasteiger partial charge in [0, 0.05) is 29.7 Å². The molecule has 0 spiro atoms. The summed E-state index contributed by atoms with van der Waals surface area (Å²) in [6, 6.07) is 7.44. The number of rotatable bonds is 9. The highest BCUT2D eigenvalue weighted by Crippen LogP contribution is 2.27. The molecule has 6 heteroatoms. The van der Waals surface area contributed by atoms with Crippen LogP contribution in [0.1, 0.15) is 11.1 Å². The summed E-state index contributed by atoms with van der Waals surface area (Å²) in [6.07, 6.45) is 6.66. The molecule has 0 saturated heterocycles. The Morgan fingerprint density at radius 2 is 2.08 bits per heavy atom. The van der Waals surface area contributed by atoms with Crippen LogP contribution < -0.4 is 14.8 Å². The number of thioether (sulfide) groups is 1. The molecule has 0 unspecified atom stereocenters. The van der Waals surface area contributed by atoms with E-state index < -0.39 is 0 Å². The van der Waals surface area contributed by atoms with Crippen molar-refractivity contribution in [2.45, 2.75) is 5.75 Å². The van der Waals surface area contributed by atoms with E-state index in [1.54, 1.807) is 44.6 Å². The number of carbonyl (C=O) groups excluding carboxylic acids is 1. The summed E-state index contributed by atoms with van der Waals surface area (Å²) in [4.78, 5) is 11.8. The van der Waals surface area contributed by atoms with E-state index in [0.29, 0.717) is 18.0 Å². The van der Waals surface area contributed by atoms with Crippen molar-refractivity contribution in [1.82, 2.24) is 5.32 Å². The van der Waals surface area contributed by atoms with E-state index in [1.807, 2.05) is 24.3 Å². The van der Waals surface area contributed by atoms with E-state index in [0.717, 1.165) is 22.6 Å². The minimum Gasteiger partial charge on any atom is -0.493 e. The first-order valence-electron chi connectivity index (χ1n) is 7.49. The molecular formula is C18H21NO4S. The molecule has 0 atom stereocenters. The molecular weight excluding hydrogens is 326 g/mol. The zero-order valence-corrected chi connectivity index (χ0v) is 14.6. The normalized spacial score (nSPS) is 10.8. The Kier molecular flexibility index (Phi) is 7.29. The number of carbonyl (C=O) groups is 1. The summed E-state index contributed by atoms with van der Waals surface area (Å²) < 4.78 is 15.4. The zero-order chi connectivity index (χ0) is 17.2. The van der Waals surface area contributed by atoms with Crippen molar-refractivity contribution in [2.75, 3.05) is 26.5 Å². The van der Waals surface area contributed by atoms with Crippen LogP contribution in [0.15, 0.2) is 47.3 Å². The van der Waals surface area contributed by atoms with E-state index in [9.17, 15) is 4.79 Å². The number of methoxy groups -OCH3 is 2. The lowest BCUT2D eigenvalue weighted by atomic mass is 10.2. The molecule has 1 aromatic carbocycles. The van der Waals surface area contributed by atoms with E-state index in [4.69, 9.17) is 13.9 Å². The Morgan fingerprint density at radius 3 is 2.79 bits per heavy atom. The summed E-state index contributed by atoms with van der Waals surface area (Å²) >= 11 is 1.75. The van der Waals surface area contributed by atoms with Crippen LogP contribution in [0.25, 0.3) is 6.08 Å². The largest absolute Gasteiger partial charge is 0.493 e. The first-order valence-corrected chi connectivity index (χ1v) is 8.65. The Balaban J connectivity index is 1.72. The first kappa shape index (κ1) is 18.0. The second kappa shape index (κ2) is 9.72. The molecule has 5 nitrogen and oxygen atoms in total. The van der Waals surface area contributed by atoms with Gasteiger partial charge in [-0.15, -0.1) is 0 Å². The average molecular weight is 347 g/mol. The molecule has 1 amide bonds. The van der Waals surface area contributed by atoms with Gasteiger partial charge in [0.1, 0.15) is 0 Å². The van der Waals surface area contributed by atoms with Crippen molar-refractivity contribution in [1.29, 1.82) is 0 Å². The van der Waals surface area contributed by atoms with Gasteiger partial charge < -0.3 is 19.2 Å². The van der Waals surface area contributed by atoms with Gasteiger partial charge >= 0.3 is 0 Å². The molecule has 0 aliphatic heterocycles. The molecule has 0 bridgehead atoms. The van der Waals surface area contributed by atoms with Crippen LogP contribution in [0.5, 0.6) is 11.5 Å². The Bertz CT molecular complexity index is 668. The summed E-state index contributed by atoms with van der Waals surface area (Å²) in [5, 5.41) is 2.86. The SMILES string of the molecule is COc1ccc(C=CC(=O)NCCSCc2ccoc2)cc1OC. The smallest absolute Gasteiger partial charge is 0.244 e. The maximum absolute atomic E-state index is 11.8. The van der Waals surface area contributed by atoms with Crippen molar-refractivity contribution < 1.29 is 18.7 Å². The van der Waals surface area contributed by atoms with Gasteiger partial charge in [-0.05, 0) is 29.8 Å². The molecule has 0 radical (unpaired) electrons. The van der Waals surface area contributed by atoms with Gasteiger partial charge in [-0.1, -0.05) is 6.07 Å². The summed E-state index contributed by atoms with van der Waals surface area (Å²) in [5.74, 6) is 2.91. The van der Waals surface area contributed by atoms with Crippen LogP contribution in [-0.2, 0) is 10.5 Å². The number of benzene rings is 1. The van der Waals surface area contributed by atoms with E-state index >= 15 is 0 Å². The molecule has 1 N–H and O–H groups in total. The molecule has 1 aromatic heterocycles. The van der Waals surface area contributed by atoms with Gasteiger partial charge in [0.2, 0.25) is 5.91 Å². The fourth-order valence-corrected chi connectivity index (χ4v) is 2.79. The van der Waals surface area contributed by atoms with E-state index in [-0.39, 0.29) is 5.91 Å². The Labute approximate surface area is 146 Å². The number of hydrogen-bond acceptors (Lipinski definition) is 5. The number of ether oxygens (including phenoxy) is 2. The van der Waals surface area contributed by atoms with E-state index in [1.165, 1.54) is 6.08 Å². The zero-order valence-electron chi connectivity index (χ0n) is 13.8. The van der Waals surface area contributed by atoms with Gasteiger partial charge in [-0.2, -0.15) is 11.8 Å². The highest BCUT2D eigenvalue weighted by atomic mass is 32.2. The second-order valence-electron chi connectivity index (χ2n) is 4.92. The monoisotopic (exact) mass is 347 g/mol. The molecule has 2 rings (SSSR count). The number of amides is 1. The molecule has 0 aliphatic carbocycles. The Morgan fingerprint density at radius 1 is 1.25 bits per heavy atom. The number of nitrogens with one attached hydrogen (secondary N) is 1. The van der Waals surface area contributed by atoms with Crippen LogP contribution in [-0.4, -0.2) is 32.4 Å². The molecule has 0 saturated carbocycles. The summed E-state index contributed by atoms with van der Waals surface area (Å²) in [7, 11) is 3.17. The summed E-state index contributed by atoms with van der Waals surface area (Å²) in [5.41, 5.74) is 2.02. The quantitative estimate of drug-likeness (QED) is 0.557. The molecule has 2 aromatic rings. The maximum atomic E-state index is 11.8. The molecule has 1 heterocycles. The maximum Gasteiger partial charge on any atom is 0.244 e. The van der Waals surface area contributed by atoms with Crippen molar-refractivity contribution in [2.24, 2.45) is 0 Å². The van der Waals surface area contributed by atoms with Crippen molar-refractivity contribution in [3.63, 3.8) is 0 Å². The highest BCUT2D eigenvalue weighted by Gasteiger charge is 2.03. The van der Waals surface area contributed by atoms with Crippen LogP contribution in [0.2, 0.25) is 0 Å². The van der Waals surface area contributed by atoms with E-state index in [2.05, 4.69) is 5.32 Å². The molecule has 0 aliphatic rings. The lowest BCUT2D eigenvalue weighted by molar-refractivity contribution is -0.116. The van der Waals surface area contributed by atoms with Gasteiger partial charge in [-0.25, -0.2) is 0 Å². The van der Waals surface area contributed by atoms with Crippen molar-refractivity contribution in [3.8, 4) is 11.5 Å². The van der Waals surface area contributed by atoms with Gasteiger partial charge in [0.25, 0.3) is 0 Å². The second-order valence-corrected chi connectivity index (χ2v) is 6.03. The minimum atomic E-state index is -0.117. The predicted octanol–water partition coefficient (Wildman–Crippen LogP) is 3.36. The minimum absolute atomic E-state index is 0.117. The van der Waals surface area contributed by atoms with Crippen molar-refractivity contribution >= 4 is 23.7 Å². The van der Waals surface area contributed by atoms with Crippen LogP contribution >= 0.6 is 11.8 Å². The standard InChI is InChI=1S/C18H21NO4S/c1-21-16-5-3-14(11-17(16)22-2)4-6-18(20)19-8-10-24-13-15-7-9-23-12-15/h3-7,9,11-12H,8,10,13H2,1-2H3,(H,19,20). The topological polar surface area (TPSA) is 60.7 Å². The third-order valence-electron chi connectivity index (χ3n) is 3.23. The van der Waals surface area contributed by atoms with Crippen LogP contribution in [0.4, 0.5) is 0 Å². The fraction of sp³-hybridized carbons (Fsp3) is 0.278. The van der Waals surface area contributed by atoms with Gasteiger partial charge in [0.15, 0.2) is 11.5 Å². The number of furan rings is 1. The lowest BCUT2D eigenvalue weighted by Crippen LogP contribution is -2.23. The van der Waals surface area contributed by atoms with Gasteiger partial charge in [-0.3, -0.25) is 4.79 Å². The van der Waals surface area contributed by atoms with Crippen molar-refractivity contribution in [3.05, 3.63) is 54.0 Å². The number of hydrogen-bond donors (Lipinski definition) is 1. The third kappa shape index (κ3) is 5.70. The molecule has 24 heavy (non-hydrogen) atoms. The fourth-order valence-electron chi connectivity index (χ4n) is 2.00. The van der Waals surface area contributed by atoms with Crippen LogP contribution in [0.3, 0.4) is 0 Å². The predicted molar refractivity (Wildman–Crippen MR) is 96.5 cm³/mol. The third-order valence-corrected chi connectivity index (χ3v) is 4.26.